The number of nitrogens with zero attached hydrogens (tertiary/aromatic N) is 3. The Labute approximate surface area is 71.2 Å². The highest BCUT2D eigenvalue weighted by Gasteiger charge is 2.06. The van der Waals surface area contributed by atoms with E-state index in [1.54, 1.807) is 0 Å². The van der Waals surface area contributed by atoms with Crippen molar-refractivity contribution in [1.29, 1.82) is 0 Å². The van der Waals surface area contributed by atoms with Crippen molar-refractivity contribution in [3.63, 3.8) is 0 Å². The highest BCUT2D eigenvalue weighted by atomic mass is 16.5. The summed E-state index contributed by atoms with van der Waals surface area (Å²) in [5.74, 6) is -0.569. The lowest BCUT2D eigenvalue weighted by atomic mass is 10.2. The highest BCUT2D eigenvalue weighted by Crippen LogP contribution is 1.98. The van der Waals surface area contributed by atoms with Gasteiger partial charge in [0.15, 0.2) is 0 Å². The fraction of sp³-hybridized carbons (Fsp3) is 0.833. The molecule has 0 aliphatic carbocycles. The number of ether oxygens (including phenoxy) is 1. The number of aliphatic hydroxyl groups excluding tert-OH is 1. The summed E-state index contributed by atoms with van der Waals surface area (Å²) in [5, 5.41) is 12.2. The average Bonchev–Trinajstić information content (AvgIpc) is 2.13. The lowest BCUT2D eigenvalue weighted by Crippen LogP contribution is -2.13. The zero-order valence-electron chi connectivity index (χ0n) is 7.67. The largest absolute Gasteiger partial charge is 0.469 e. The molecule has 0 fully saturated rings. The molecule has 0 aromatic carbocycles. The maximum absolute atomic E-state index is 10.6. The van der Waals surface area contributed by atoms with Crippen molar-refractivity contribution >= 4 is 5.97 Å². The molecule has 0 heterocycles. The van der Waals surface area contributed by atoms with Crippen LogP contribution < -0.4 is 0 Å². The Kier molecular flexibility index (Phi) is 4.75. The minimum Gasteiger partial charge on any atom is -0.469 e. The molecular weight excluding hydrogens is 162 g/mol. The second-order valence-corrected chi connectivity index (χ2v) is 2.00. The third-order valence-electron chi connectivity index (χ3n) is 1.12. The molecule has 0 aliphatic rings. The molecule has 0 aliphatic heterocycles. The van der Waals surface area contributed by atoms with Crippen molar-refractivity contribution < 1.29 is 16.0 Å². The summed E-state index contributed by atoms with van der Waals surface area (Å²) in [5.41, 5.74) is 7.92. The van der Waals surface area contributed by atoms with E-state index in [1.165, 1.54) is 7.11 Å². The van der Waals surface area contributed by atoms with Crippen LogP contribution in [0, 0.1) is 0 Å². The van der Waals surface area contributed by atoms with Crippen LogP contribution in [0.25, 0.3) is 10.4 Å². The molecule has 2 atom stereocenters. The van der Waals surface area contributed by atoms with Gasteiger partial charge in [-0.15, -0.1) is 0 Å². The van der Waals surface area contributed by atoms with E-state index in [9.17, 15) is 4.79 Å². The van der Waals surface area contributed by atoms with Crippen LogP contribution in [0.2, 0.25) is 0 Å². The average molecular weight is 174 g/mol. The van der Waals surface area contributed by atoms with Gasteiger partial charge in [-0.25, -0.2) is 0 Å². The Morgan fingerprint density at radius 3 is 3.17 bits per heavy atom. The third kappa shape index (κ3) is 5.52. The summed E-state index contributed by atoms with van der Waals surface area (Å²) >= 11 is 0. The molecule has 68 valence electrons. The van der Waals surface area contributed by atoms with Crippen molar-refractivity contribution in [3.8, 4) is 0 Å². The summed E-state index contributed by atoms with van der Waals surface area (Å²) in [6.45, 7) is -0.207. The van der Waals surface area contributed by atoms with Crippen LogP contribution in [-0.2, 0) is 9.53 Å². The second-order valence-electron chi connectivity index (χ2n) is 2.00. The topological polar surface area (TPSA) is 95.3 Å². The van der Waals surface area contributed by atoms with E-state index in [4.69, 9.17) is 12.0 Å². The maximum Gasteiger partial charge on any atom is 0.305 e. The number of esters is 1. The fourth-order valence-electron chi connectivity index (χ4n) is 0.510. The zero-order valence-corrected chi connectivity index (χ0v) is 6.67. The highest BCUT2D eigenvalue weighted by molar-refractivity contribution is 5.69. The molecule has 0 spiro atoms. The van der Waals surface area contributed by atoms with E-state index in [0.29, 0.717) is 0 Å². The van der Waals surface area contributed by atoms with Crippen LogP contribution in [0.15, 0.2) is 5.11 Å². The number of methoxy groups -OCH3 is 1. The number of carbonyl (C=O) groups excluding carboxylic acids is 1. The fourth-order valence-corrected chi connectivity index (χ4v) is 0.510. The molecule has 0 rings (SSSR count). The monoisotopic (exact) mass is 174 g/mol. The lowest BCUT2D eigenvalue weighted by molar-refractivity contribution is -0.141. The first-order chi connectivity index (χ1) is 6.11. The van der Waals surface area contributed by atoms with Crippen molar-refractivity contribution in [2.24, 2.45) is 5.11 Å². The van der Waals surface area contributed by atoms with Crippen LogP contribution in [0.5, 0.6) is 0 Å². The Morgan fingerprint density at radius 1 is 2.00 bits per heavy atom. The van der Waals surface area contributed by atoms with Crippen molar-refractivity contribution in [3.05, 3.63) is 10.4 Å². The number of carbonyl (C=O) groups is 1. The second kappa shape index (κ2) is 6.45. The predicted molar refractivity (Wildman–Crippen MR) is 41.3 cm³/mol. The molecule has 0 saturated carbocycles. The van der Waals surface area contributed by atoms with Crippen LogP contribution in [0.4, 0.5) is 0 Å². The summed E-state index contributed by atoms with van der Waals surface area (Å²) in [7, 11) is 1.20. The standard InChI is InChI=1S/C6H11N3O3/c1-12-6(11)3-2-5(10)4-8-9-7/h5,10H,2-4H2,1H3/t5-/m0/s1/i2D/t2-,5-. The number of azide groups is 1. The van der Waals surface area contributed by atoms with Gasteiger partial charge in [0.05, 0.1) is 19.8 Å². The molecule has 0 radical (unpaired) electrons. The Morgan fingerprint density at radius 2 is 2.67 bits per heavy atom. The van der Waals surface area contributed by atoms with Gasteiger partial charge in [-0.2, -0.15) is 0 Å². The van der Waals surface area contributed by atoms with E-state index in [-0.39, 0.29) is 13.0 Å². The van der Waals surface area contributed by atoms with Gasteiger partial charge in [-0.1, -0.05) is 5.11 Å². The zero-order chi connectivity index (χ0) is 10.3. The van der Waals surface area contributed by atoms with Gasteiger partial charge in [0, 0.05) is 12.7 Å². The molecule has 0 unspecified atom stereocenters. The molecule has 0 amide bonds. The molecule has 1 N–H and O–H groups in total. The van der Waals surface area contributed by atoms with Crippen molar-refractivity contribution in [2.75, 3.05) is 13.7 Å². The maximum atomic E-state index is 10.6. The van der Waals surface area contributed by atoms with Crippen LogP contribution in [0.3, 0.4) is 0 Å². The van der Waals surface area contributed by atoms with Gasteiger partial charge in [-0.3, -0.25) is 4.79 Å². The number of hydrogen-bond acceptors (Lipinski definition) is 4. The molecule has 0 bridgehead atoms. The summed E-state index contributed by atoms with van der Waals surface area (Å²) in [4.78, 5) is 13.1. The van der Waals surface area contributed by atoms with E-state index in [1.807, 2.05) is 0 Å². The molecule has 0 aromatic rings. The Balaban J connectivity index is 3.87. The number of hydrogen-bond donors (Lipinski definition) is 1. The minimum atomic E-state index is -1.13. The molecular formula is C6H11N3O3. The number of aliphatic hydroxyl groups is 1. The van der Waals surface area contributed by atoms with Gasteiger partial charge >= 0.3 is 5.97 Å². The van der Waals surface area contributed by atoms with Crippen LogP contribution in [-0.4, -0.2) is 30.8 Å². The van der Waals surface area contributed by atoms with Gasteiger partial charge in [-0.05, 0) is 11.9 Å². The van der Waals surface area contributed by atoms with E-state index in [0.717, 1.165) is 0 Å². The smallest absolute Gasteiger partial charge is 0.305 e. The van der Waals surface area contributed by atoms with E-state index >= 15 is 0 Å². The first kappa shape index (κ1) is 8.83. The quantitative estimate of drug-likeness (QED) is 0.286. The number of rotatable bonds is 5. The van der Waals surface area contributed by atoms with Crippen LogP contribution >= 0.6 is 0 Å². The first-order valence-electron chi connectivity index (χ1n) is 3.87. The van der Waals surface area contributed by atoms with Gasteiger partial charge in [0.1, 0.15) is 0 Å². The van der Waals surface area contributed by atoms with Gasteiger partial charge in [0.25, 0.3) is 0 Å². The lowest BCUT2D eigenvalue weighted by Gasteiger charge is -2.04. The van der Waals surface area contributed by atoms with Crippen LogP contribution in [0.1, 0.15) is 14.2 Å². The molecule has 6 heteroatoms. The Bertz CT molecular complexity index is 217. The van der Waals surface area contributed by atoms with Crippen molar-refractivity contribution in [1.82, 2.24) is 0 Å². The van der Waals surface area contributed by atoms with E-state index < -0.39 is 18.5 Å². The van der Waals surface area contributed by atoms with Gasteiger partial charge in [0.2, 0.25) is 0 Å². The first-order valence-corrected chi connectivity index (χ1v) is 3.29. The summed E-state index contributed by atoms with van der Waals surface area (Å²) in [6.07, 6.45) is -2.36. The normalized spacial score (nSPS) is 15.3. The Hall–Kier alpha value is -1.26. The summed E-state index contributed by atoms with van der Waals surface area (Å²) < 4.78 is 11.6. The molecule has 0 saturated heterocycles. The third-order valence-corrected chi connectivity index (χ3v) is 1.12. The van der Waals surface area contributed by atoms with E-state index in [2.05, 4.69) is 14.8 Å². The minimum absolute atomic E-state index is 0.207. The summed E-state index contributed by atoms with van der Waals surface area (Å²) in [6, 6.07) is 0. The molecule has 0 aromatic heterocycles. The van der Waals surface area contributed by atoms with Gasteiger partial charge < -0.3 is 9.84 Å². The molecule has 6 nitrogen and oxygen atoms in total. The SMILES string of the molecule is [2H][C@@H](CC(=O)OC)[C@H](O)CN=[N+]=[N-]. The molecule has 12 heavy (non-hydrogen) atoms. The predicted octanol–water partition coefficient (Wildman–Crippen LogP) is 0.611. The van der Waals surface area contributed by atoms with Crippen molar-refractivity contribution in [2.45, 2.75) is 18.9 Å².